The van der Waals surface area contributed by atoms with Gasteiger partial charge in [-0.1, -0.05) is 41.9 Å². The summed E-state index contributed by atoms with van der Waals surface area (Å²) in [6.45, 7) is 2.67. The van der Waals surface area contributed by atoms with Crippen molar-refractivity contribution in [3.05, 3.63) is 113 Å². The Morgan fingerprint density at radius 3 is 2.44 bits per heavy atom. The number of amides is 2. The van der Waals surface area contributed by atoms with Crippen molar-refractivity contribution in [2.24, 2.45) is 0 Å². The second-order valence-corrected chi connectivity index (χ2v) is 11.3. The van der Waals surface area contributed by atoms with Crippen LogP contribution in [0.1, 0.15) is 26.3 Å². The van der Waals surface area contributed by atoms with Crippen LogP contribution in [0.4, 0.5) is 11.5 Å². The Morgan fingerprint density at radius 1 is 0.872 bits per heavy atom. The number of carbonyl (C=O) groups excluding carboxylic acids is 2. The molecule has 196 valence electrons. The highest BCUT2D eigenvalue weighted by Crippen LogP contribution is 2.36. The van der Waals surface area contributed by atoms with Crippen LogP contribution in [0.25, 0.3) is 0 Å². The molecule has 2 amide bonds. The molecule has 7 nitrogen and oxygen atoms in total. The zero-order valence-electron chi connectivity index (χ0n) is 21.0. The number of halogens is 1. The number of benzene rings is 3. The van der Waals surface area contributed by atoms with Crippen LogP contribution in [-0.2, 0) is 17.3 Å². The number of pyridine rings is 1. The lowest BCUT2D eigenvalue weighted by atomic mass is 10.1. The molecule has 2 aliphatic heterocycles. The van der Waals surface area contributed by atoms with Gasteiger partial charge in [0.2, 0.25) is 0 Å². The molecule has 0 radical (unpaired) electrons. The van der Waals surface area contributed by atoms with Gasteiger partial charge in [-0.25, -0.2) is 9.19 Å². The molecule has 0 spiro atoms. The lowest BCUT2D eigenvalue weighted by molar-refractivity contribution is 0.0746. The van der Waals surface area contributed by atoms with Crippen LogP contribution in [-0.4, -0.2) is 52.1 Å². The van der Waals surface area contributed by atoms with E-state index in [9.17, 15) is 13.8 Å². The van der Waals surface area contributed by atoms with Crippen LogP contribution in [0.3, 0.4) is 0 Å². The summed E-state index contributed by atoms with van der Waals surface area (Å²) in [5.74, 6) is 0.499. The van der Waals surface area contributed by atoms with Crippen molar-refractivity contribution in [3.63, 3.8) is 0 Å². The molecule has 3 heterocycles. The third kappa shape index (κ3) is 4.93. The summed E-state index contributed by atoms with van der Waals surface area (Å²) in [6, 6.07) is 25.2. The molecule has 1 fully saturated rings. The van der Waals surface area contributed by atoms with Gasteiger partial charge in [0, 0.05) is 43.0 Å². The number of rotatable bonds is 4. The zero-order chi connectivity index (χ0) is 26.9. The van der Waals surface area contributed by atoms with Crippen LogP contribution in [0.15, 0.2) is 101 Å². The second-order valence-electron chi connectivity index (χ2n) is 9.44. The monoisotopic (exact) mass is 556 g/mol. The molecule has 1 saturated heterocycles. The number of aromatic nitrogens is 1. The Labute approximate surface area is 234 Å². The molecule has 0 aliphatic carbocycles. The standard InChI is InChI=1S/C30H25ClN4O3S/c31-23-7-5-6-21(18-23)20-35-25-19-22(11-12-27(25)39(38)26-9-2-1-8-24(26)30(35)37)29(36)34-16-14-33(15-17-34)28-10-3-4-13-32-28/h1-13,18-19H,14-17,20H2. The van der Waals surface area contributed by atoms with Gasteiger partial charge >= 0.3 is 0 Å². The van der Waals surface area contributed by atoms with E-state index in [-0.39, 0.29) is 18.4 Å². The van der Waals surface area contributed by atoms with Crippen molar-refractivity contribution in [1.29, 1.82) is 0 Å². The Morgan fingerprint density at radius 2 is 1.67 bits per heavy atom. The van der Waals surface area contributed by atoms with Gasteiger partial charge in [-0.05, 0) is 60.2 Å². The van der Waals surface area contributed by atoms with E-state index in [4.69, 9.17) is 11.6 Å². The fraction of sp³-hybridized carbons (Fsp3) is 0.167. The van der Waals surface area contributed by atoms with Gasteiger partial charge in [0.1, 0.15) is 5.82 Å². The Hall–Kier alpha value is -4.01. The number of anilines is 2. The Kier molecular flexibility index (Phi) is 6.89. The van der Waals surface area contributed by atoms with Crippen LogP contribution >= 0.6 is 11.6 Å². The van der Waals surface area contributed by atoms with E-state index in [1.807, 2.05) is 35.2 Å². The second kappa shape index (κ2) is 10.6. The average molecular weight is 557 g/mol. The first kappa shape index (κ1) is 25.3. The highest BCUT2D eigenvalue weighted by molar-refractivity contribution is 7.85. The summed E-state index contributed by atoms with van der Waals surface area (Å²) in [5.41, 5.74) is 2.13. The van der Waals surface area contributed by atoms with Crippen molar-refractivity contribution in [3.8, 4) is 0 Å². The smallest absolute Gasteiger partial charge is 0.259 e. The molecule has 39 heavy (non-hydrogen) atoms. The molecule has 2 aliphatic rings. The summed E-state index contributed by atoms with van der Waals surface area (Å²) in [5, 5.41) is 0.563. The average Bonchev–Trinajstić information content (AvgIpc) is 3.06. The normalized spacial score (nSPS) is 16.9. The highest BCUT2D eigenvalue weighted by Gasteiger charge is 2.32. The SMILES string of the molecule is O=C(c1ccc2c(c1)N(Cc1cccc(Cl)c1)C(=O)c1ccccc1S2=O)N1CCN(c2ccccn2)CC1. The van der Waals surface area contributed by atoms with E-state index in [2.05, 4.69) is 9.88 Å². The number of hydrogen-bond donors (Lipinski definition) is 0. The van der Waals surface area contributed by atoms with Gasteiger partial charge in [-0.2, -0.15) is 0 Å². The van der Waals surface area contributed by atoms with Crippen molar-refractivity contribution < 1.29 is 13.8 Å². The molecule has 3 aromatic carbocycles. The maximum atomic E-state index is 13.8. The maximum Gasteiger partial charge on any atom is 0.259 e. The topological polar surface area (TPSA) is 73.8 Å². The fourth-order valence-electron chi connectivity index (χ4n) is 5.03. The van der Waals surface area contributed by atoms with Crippen molar-refractivity contribution in [1.82, 2.24) is 9.88 Å². The van der Waals surface area contributed by atoms with Gasteiger partial charge in [-0.15, -0.1) is 0 Å². The largest absolute Gasteiger partial charge is 0.353 e. The predicted molar refractivity (Wildman–Crippen MR) is 152 cm³/mol. The van der Waals surface area contributed by atoms with Crippen molar-refractivity contribution in [2.75, 3.05) is 36.0 Å². The Bertz CT molecular complexity index is 1590. The molecule has 9 heteroatoms. The molecule has 0 bridgehead atoms. The zero-order valence-corrected chi connectivity index (χ0v) is 22.6. The molecular weight excluding hydrogens is 532 g/mol. The summed E-state index contributed by atoms with van der Waals surface area (Å²) in [4.78, 5) is 38.4. The number of nitrogens with zero attached hydrogens (tertiary/aromatic N) is 4. The van der Waals surface area contributed by atoms with E-state index in [1.165, 1.54) is 0 Å². The lowest BCUT2D eigenvalue weighted by Gasteiger charge is -2.35. The van der Waals surface area contributed by atoms with E-state index < -0.39 is 10.8 Å². The lowest BCUT2D eigenvalue weighted by Crippen LogP contribution is -2.49. The highest BCUT2D eigenvalue weighted by atomic mass is 35.5. The van der Waals surface area contributed by atoms with Crippen molar-refractivity contribution in [2.45, 2.75) is 16.3 Å². The van der Waals surface area contributed by atoms with Gasteiger partial charge < -0.3 is 14.7 Å². The van der Waals surface area contributed by atoms with E-state index >= 15 is 0 Å². The van der Waals surface area contributed by atoms with Crippen molar-refractivity contribution >= 4 is 45.7 Å². The predicted octanol–water partition coefficient (Wildman–Crippen LogP) is 5.02. The molecule has 0 saturated carbocycles. The number of piperazine rings is 1. The maximum absolute atomic E-state index is 13.8. The summed E-state index contributed by atoms with van der Waals surface area (Å²) in [6.07, 6.45) is 1.77. The quantitative estimate of drug-likeness (QED) is 0.353. The minimum atomic E-state index is -1.59. The first-order chi connectivity index (χ1) is 19.0. The minimum Gasteiger partial charge on any atom is -0.353 e. The van der Waals surface area contributed by atoms with Gasteiger partial charge in [0.25, 0.3) is 11.8 Å². The molecule has 1 atom stereocenters. The number of fused-ring (bicyclic) bond motifs is 2. The molecule has 4 aromatic rings. The number of carbonyl (C=O) groups is 2. The van der Waals surface area contributed by atoms with Gasteiger partial charge in [0.15, 0.2) is 0 Å². The molecule has 1 aromatic heterocycles. The molecule has 1 unspecified atom stereocenters. The summed E-state index contributed by atoms with van der Waals surface area (Å²) in [7, 11) is -1.59. The minimum absolute atomic E-state index is 0.124. The van der Waals surface area contributed by atoms with E-state index in [1.54, 1.807) is 65.7 Å². The van der Waals surface area contributed by atoms with Gasteiger partial charge in [0.05, 0.1) is 38.4 Å². The van der Waals surface area contributed by atoms with Crippen LogP contribution in [0.5, 0.6) is 0 Å². The molecular formula is C30H25ClN4O3S. The van der Waals surface area contributed by atoms with Gasteiger partial charge in [-0.3, -0.25) is 9.59 Å². The summed E-state index contributed by atoms with van der Waals surface area (Å²) < 4.78 is 13.7. The van der Waals surface area contributed by atoms with Crippen LogP contribution in [0, 0.1) is 0 Å². The first-order valence-corrected chi connectivity index (χ1v) is 14.2. The molecule has 6 rings (SSSR count). The van der Waals surface area contributed by atoms with E-state index in [0.717, 1.165) is 11.4 Å². The third-order valence-corrected chi connectivity index (χ3v) is 8.76. The summed E-state index contributed by atoms with van der Waals surface area (Å²) >= 11 is 6.23. The third-order valence-electron chi connectivity index (χ3n) is 7.03. The van der Waals surface area contributed by atoms with E-state index in [0.29, 0.717) is 57.8 Å². The van der Waals surface area contributed by atoms with Crippen LogP contribution < -0.4 is 9.80 Å². The van der Waals surface area contributed by atoms with Crippen LogP contribution in [0.2, 0.25) is 5.02 Å². The fourth-order valence-corrected chi connectivity index (χ4v) is 6.59. The molecule has 0 N–H and O–H groups in total. The number of hydrogen-bond acceptors (Lipinski definition) is 5. The first-order valence-electron chi connectivity index (χ1n) is 12.7. The Balaban J connectivity index is 1.33.